The smallest absolute Gasteiger partial charge is 0.277 e. The molecular weight excluding hydrogens is 425 g/mol. The molecule has 5 rings (SSSR count). The van der Waals surface area contributed by atoms with Gasteiger partial charge in [-0.2, -0.15) is 0 Å². The van der Waals surface area contributed by atoms with E-state index in [-0.39, 0.29) is 17.3 Å². The summed E-state index contributed by atoms with van der Waals surface area (Å²) in [6.07, 6.45) is 1.57. The fourth-order valence-corrected chi connectivity index (χ4v) is 4.35. The van der Waals surface area contributed by atoms with Gasteiger partial charge in [0.05, 0.1) is 11.8 Å². The van der Waals surface area contributed by atoms with E-state index >= 15 is 0 Å². The Bertz CT molecular complexity index is 1470. The lowest BCUT2D eigenvalue weighted by molar-refractivity contribution is 0.575. The minimum Gasteiger partial charge on any atom is -0.330 e. The van der Waals surface area contributed by atoms with E-state index in [1.165, 1.54) is 12.1 Å². The Labute approximate surface area is 189 Å². The van der Waals surface area contributed by atoms with Crippen molar-refractivity contribution in [1.82, 2.24) is 14.1 Å². The maximum Gasteiger partial charge on any atom is 0.277 e. The van der Waals surface area contributed by atoms with Crippen LogP contribution in [0.4, 0.5) is 4.39 Å². The third-order valence-electron chi connectivity index (χ3n) is 5.88. The average Bonchev–Trinajstić information content (AvgIpc) is 3.11. The molecule has 0 saturated carbocycles. The minimum atomic E-state index is -0.355. The molecule has 2 aromatic heterocycles. The predicted molar refractivity (Wildman–Crippen MR) is 127 cm³/mol. The molecule has 4 nitrogen and oxygen atoms in total. The highest BCUT2D eigenvalue weighted by Gasteiger charge is 2.18. The number of halogens is 2. The highest BCUT2D eigenvalue weighted by atomic mass is 35.5. The topological polar surface area (TPSA) is 39.8 Å². The molecule has 32 heavy (non-hydrogen) atoms. The molecule has 0 amide bonds. The third kappa shape index (κ3) is 3.69. The average molecular weight is 446 g/mol. The molecule has 1 atom stereocenters. The van der Waals surface area contributed by atoms with Crippen LogP contribution < -0.4 is 5.56 Å². The molecule has 0 saturated heterocycles. The standard InChI is InChI=1S/C26H21ClFN3O/c1-17(19-5-3-2-4-6-19)14-30-16-29-24-22-13-21(28)11-12-23(22)31(25(24)26(30)32)15-18-7-9-20(27)10-8-18/h2-13,16-17H,14-15H2,1H3/t17-/m1/s1. The summed E-state index contributed by atoms with van der Waals surface area (Å²) in [5, 5.41) is 1.28. The van der Waals surface area contributed by atoms with Crippen molar-refractivity contribution in [2.24, 2.45) is 0 Å². The minimum absolute atomic E-state index is 0.136. The van der Waals surface area contributed by atoms with Crippen molar-refractivity contribution in [2.75, 3.05) is 0 Å². The van der Waals surface area contributed by atoms with Crippen molar-refractivity contribution in [1.29, 1.82) is 0 Å². The van der Waals surface area contributed by atoms with Gasteiger partial charge in [0.15, 0.2) is 0 Å². The van der Waals surface area contributed by atoms with Crippen molar-refractivity contribution in [3.63, 3.8) is 0 Å². The van der Waals surface area contributed by atoms with Crippen LogP contribution >= 0.6 is 11.6 Å². The Morgan fingerprint density at radius 3 is 2.53 bits per heavy atom. The lowest BCUT2D eigenvalue weighted by atomic mass is 10.0. The monoisotopic (exact) mass is 445 g/mol. The van der Waals surface area contributed by atoms with Gasteiger partial charge in [-0.05, 0) is 47.4 Å². The normalized spacial score (nSPS) is 12.5. The molecule has 0 radical (unpaired) electrons. The van der Waals surface area contributed by atoms with Crippen molar-refractivity contribution in [2.45, 2.75) is 25.9 Å². The number of nitrogens with zero attached hydrogens (tertiary/aromatic N) is 3. The largest absolute Gasteiger partial charge is 0.330 e. The van der Waals surface area contributed by atoms with Gasteiger partial charge in [0.1, 0.15) is 16.9 Å². The summed E-state index contributed by atoms with van der Waals surface area (Å²) in [7, 11) is 0. The summed E-state index contributed by atoms with van der Waals surface area (Å²) in [4.78, 5) is 18.2. The van der Waals surface area contributed by atoms with Gasteiger partial charge in [0, 0.05) is 23.5 Å². The van der Waals surface area contributed by atoms with E-state index in [1.807, 2.05) is 47.0 Å². The van der Waals surface area contributed by atoms with E-state index in [0.29, 0.717) is 34.5 Å². The Morgan fingerprint density at radius 2 is 1.78 bits per heavy atom. The fourth-order valence-electron chi connectivity index (χ4n) is 4.22. The molecule has 0 N–H and O–H groups in total. The molecule has 0 spiro atoms. The van der Waals surface area contributed by atoms with Crippen LogP contribution in [0.15, 0.2) is 83.9 Å². The van der Waals surface area contributed by atoms with Gasteiger partial charge in [-0.15, -0.1) is 0 Å². The van der Waals surface area contributed by atoms with Crippen molar-refractivity contribution in [3.05, 3.63) is 111 Å². The van der Waals surface area contributed by atoms with E-state index in [0.717, 1.165) is 16.6 Å². The van der Waals surface area contributed by atoms with Crippen LogP contribution in [-0.4, -0.2) is 14.1 Å². The van der Waals surface area contributed by atoms with Gasteiger partial charge < -0.3 is 4.57 Å². The van der Waals surface area contributed by atoms with Gasteiger partial charge in [0.2, 0.25) is 0 Å². The summed E-state index contributed by atoms with van der Waals surface area (Å²) in [6.45, 7) is 3.05. The van der Waals surface area contributed by atoms with Gasteiger partial charge in [-0.25, -0.2) is 9.37 Å². The Kier molecular flexibility index (Phi) is 5.27. The summed E-state index contributed by atoms with van der Waals surface area (Å²) in [5.74, 6) is -0.216. The summed E-state index contributed by atoms with van der Waals surface area (Å²) >= 11 is 6.03. The van der Waals surface area contributed by atoms with Crippen LogP contribution in [0.1, 0.15) is 24.0 Å². The van der Waals surface area contributed by atoms with Gasteiger partial charge in [0.25, 0.3) is 5.56 Å². The maximum atomic E-state index is 14.0. The van der Waals surface area contributed by atoms with E-state index in [9.17, 15) is 9.18 Å². The van der Waals surface area contributed by atoms with Crippen LogP contribution in [0.3, 0.4) is 0 Å². The molecule has 160 valence electrons. The quantitative estimate of drug-likeness (QED) is 0.333. The van der Waals surface area contributed by atoms with Crippen LogP contribution in [0, 0.1) is 5.82 Å². The highest BCUT2D eigenvalue weighted by Crippen LogP contribution is 2.28. The Balaban J connectivity index is 1.66. The number of hydrogen-bond donors (Lipinski definition) is 0. The lowest BCUT2D eigenvalue weighted by Gasteiger charge is -2.14. The van der Waals surface area contributed by atoms with E-state index in [1.54, 1.807) is 17.0 Å². The summed E-state index contributed by atoms with van der Waals surface area (Å²) < 4.78 is 17.6. The zero-order valence-electron chi connectivity index (χ0n) is 17.5. The summed E-state index contributed by atoms with van der Waals surface area (Å²) in [6, 6.07) is 22.1. The van der Waals surface area contributed by atoms with Gasteiger partial charge in [-0.1, -0.05) is 61.0 Å². The van der Waals surface area contributed by atoms with Gasteiger partial charge >= 0.3 is 0 Å². The number of hydrogen-bond acceptors (Lipinski definition) is 2. The number of rotatable bonds is 5. The fraction of sp³-hybridized carbons (Fsp3) is 0.154. The number of benzene rings is 3. The van der Waals surface area contributed by atoms with Crippen LogP contribution in [0.2, 0.25) is 5.02 Å². The van der Waals surface area contributed by atoms with Crippen LogP contribution in [0.5, 0.6) is 0 Å². The van der Waals surface area contributed by atoms with Crippen molar-refractivity contribution in [3.8, 4) is 0 Å². The SMILES string of the molecule is C[C@H](Cn1cnc2c3cc(F)ccc3n(Cc3ccc(Cl)cc3)c2c1=O)c1ccccc1. The Hall–Kier alpha value is -3.44. The molecule has 0 fully saturated rings. The molecule has 0 bridgehead atoms. The van der Waals surface area contributed by atoms with Gasteiger partial charge in [-0.3, -0.25) is 9.36 Å². The second-order valence-corrected chi connectivity index (χ2v) is 8.52. The van der Waals surface area contributed by atoms with Crippen LogP contribution in [0.25, 0.3) is 21.9 Å². The van der Waals surface area contributed by atoms with Crippen LogP contribution in [-0.2, 0) is 13.1 Å². The highest BCUT2D eigenvalue weighted by molar-refractivity contribution is 6.30. The second-order valence-electron chi connectivity index (χ2n) is 8.09. The molecule has 5 aromatic rings. The second kappa shape index (κ2) is 8.24. The lowest BCUT2D eigenvalue weighted by Crippen LogP contribution is -2.24. The first kappa shape index (κ1) is 20.5. The van der Waals surface area contributed by atoms with E-state index < -0.39 is 0 Å². The molecular formula is C26H21ClFN3O. The summed E-state index contributed by atoms with van der Waals surface area (Å²) in [5.41, 5.74) is 3.77. The zero-order chi connectivity index (χ0) is 22.2. The molecule has 0 aliphatic carbocycles. The first-order valence-electron chi connectivity index (χ1n) is 10.5. The predicted octanol–water partition coefficient (Wildman–Crippen LogP) is 6.00. The zero-order valence-corrected chi connectivity index (χ0v) is 18.3. The first-order chi connectivity index (χ1) is 15.5. The Morgan fingerprint density at radius 1 is 1.03 bits per heavy atom. The molecule has 0 unspecified atom stereocenters. The maximum absolute atomic E-state index is 14.0. The molecule has 2 heterocycles. The first-order valence-corrected chi connectivity index (χ1v) is 10.9. The van der Waals surface area contributed by atoms with E-state index in [4.69, 9.17) is 11.6 Å². The third-order valence-corrected chi connectivity index (χ3v) is 6.13. The van der Waals surface area contributed by atoms with Crippen molar-refractivity contribution < 1.29 is 4.39 Å². The number of aromatic nitrogens is 3. The molecule has 0 aliphatic rings. The van der Waals surface area contributed by atoms with E-state index in [2.05, 4.69) is 24.0 Å². The number of fused-ring (bicyclic) bond motifs is 3. The van der Waals surface area contributed by atoms with Crippen molar-refractivity contribution >= 4 is 33.5 Å². The molecule has 3 aromatic carbocycles. The molecule has 6 heteroatoms. The molecule has 0 aliphatic heterocycles.